The molecular formula is C16H18N6OS. The summed E-state index contributed by atoms with van der Waals surface area (Å²) in [5, 5.41) is 15.8. The third-order valence-corrected chi connectivity index (χ3v) is 4.41. The van der Waals surface area contributed by atoms with Gasteiger partial charge in [-0.25, -0.2) is 4.68 Å². The number of benzene rings is 1. The van der Waals surface area contributed by atoms with Crippen LogP contribution in [0.25, 0.3) is 5.69 Å². The van der Waals surface area contributed by atoms with E-state index in [4.69, 9.17) is 0 Å². The van der Waals surface area contributed by atoms with Crippen LogP contribution in [0.2, 0.25) is 0 Å². The lowest BCUT2D eigenvalue weighted by atomic mass is 10.2. The Hall–Kier alpha value is -2.61. The first-order valence-corrected chi connectivity index (χ1v) is 8.42. The molecule has 0 fully saturated rings. The SMILES string of the molecule is Cc1ccc(-n2nc(C)cc2NC(=O)CSc2nncn2C)cc1. The summed E-state index contributed by atoms with van der Waals surface area (Å²) in [5.74, 6) is 0.793. The van der Waals surface area contributed by atoms with E-state index in [9.17, 15) is 4.79 Å². The lowest BCUT2D eigenvalue weighted by molar-refractivity contribution is -0.113. The van der Waals surface area contributed by atoms with Gasteiger partial charge in [0.15, 0.2) is 5.16 Å². The van der Waals surface area contributed by atoms with Crippen molar-refractivity contribution in [1.29, 1.82) is 0 Å². The van der Waals surface area contributed by atoms with E-state index in [-0.39, 0.29) is 11.7 Å². The Labute approximate surface area is 144 Å². The van der Waals surface area contributed by atoms with E-state index in [1.165, 1.54) is 17.3 Å². The highest BCUT2D eigenvalue weighted by Crippen LogP contribution is 2.19. The molecule has 8 heteroatoms. The van der Waals surface area contributed by atoms with Crippen molar-refractivity contribution >= 4 is 23.5 Å². The van der Waals surface area contributed by atoms with Crippen LogP contribution in [0.15, 0.2) is 41.8 Å². The molecule has 0 aliphatic rings. The third-order valence-electron chi connectivity index (χ3n) is 3.38. The van der Waals surface area contributed by atoms with Gasteiger partial charge in [-0.2, -0.15) is 5.10 Å². The number of carbonyl (C=O) groups is 1. The number of hydrogen-bond donors (Lipinski definition) is 1. The van der Waals surface area contributed by atoms with Gasteiger partial charge in [0.2, 0.25) is 5.91 Å². The molecular weight excluding hydrogens is 324 g/mol. The predicted octanol–water partition coefficient (Wildman–Crippen LogP) is 2.35. The summed E-state index contributed by atoms with van der Waals surface area (Å²) in [6, 6.07) is 9.84. The fourth-order valence-electron chi connectivity index (χ4n) is 2.18. The normalized spacial score (nSPS) is 10.8. The Balaban J connectivity index is 1.72. The first kappa shape index (κ1) is 16.3. The molecule has 124 valence electrons. The van der Waals surface area contributed by atoms with Crippen molar-refractivity contribution in [2.24, 2.45) is 7.05 Å². The minimum absolute atomic E-state index is 0.115. The number of nitrogens with zero attached hydrogens (tertiary/aromatic N) is 5. The Kier molecular flexibility index (Phi) is 4.66. The van der Waals surface area contributed by atoms with Crippen molar-refractivity contribution in [2.75, 3.05) is 11.1 Å². The molecule has 7 nitrogen and oxygen atoms in total. The van der Waals surface area contributed by atoms with Gasteiger partial charge >= 0.3 is 0 Å². The molecule has 2 aromatic heterocycles. The van der Waals surface area contributed by atoms with E-state index >= 15 is 0 Å². The van der Waals surface area contributed by atoms with Gasteiger partial charge in [0, 0.05) is 13.1 Å². The van der Waals surface area contributed by atoms with Gasteiger partial charge in [-0.05, 0) is 26.0 Å². The zero-order chi connectivity index (χ0) is 17.1. The number of carbonyl (C=O) groups excluding carboxylic acids is 1. The molecule has 0 saturated carbocycles. The first-order valence-electron chi connectivity index (χ1n) is 7.43. The summed E-state index contributed by atoms with van der Waals surface area (Å²) < 4.78 is 3.51. The average Bonchev–Trinajstić information content (AvgIpc) is 3.12. The van der Waals surface area contributed by atoms with Gasteiger partial charge in [0.1, 0.15) is 12.1 Å². The van der Waals surface area contributed by atoms with Crippen molar-refractivity contribution < 1.29 is 4.79 Å². The molecule has 0 saturated heterocycles. The molecule has 3 aromatic rings. The summed E-state index contributed by atoms with van der Waals surface area (Å²) in [6.45, 7) is 3.93. The van der Waals surface area contributed by atoms with Gasteiger partial charge in [0.05, 0.1) is 17.1 Å². The Morgan fingerprint density at radius 1 is 1.25 bits per heavy atom. The van der Waals surface area contributed by atoms with Gasteiger partial charge in [0.25, 0.3) is 0 Å². The first-order chi connectivity index (χ1) is 11.5. The van der Waals surface area contributed by atoms with Crippen molar-refractivity contribution in [2.45, 2.75) is 19.0 Å². The molecule has 0 aliphatic carbocycles. The van der Waals surface area contributed by atoms with Crippen LogP contribution >= 0.6 is 11.8 Å². The minimum atomic E-state index is -0.115. The molecule has 24 heavy (non-hydrogen) atoms. The fourth-order valence-corrected chi connectivity index (χ4v) is 2.87. The number of nitrogens with one attached hydrogen (secondary N) is 1. The van der Waals surface area contributed by atoms with Crippen molar-refractivity contribution in [3.8, 4) is 5.69 Å². The summed E-state index contributed by atoms with van der Waals surface area (Å²) in [4.78, 5) is 12.2. The number of rotatable bonds is 5. The molecule has 0 spiro atoms. The second kappa shape index (κ2) is 6.88. The van der Waals surface area contributed by atoms with Crippen LogP contribution in [0, 0.1) is 13.8 Å². The second-order valence-corrected chi connectivity index (χ2v) is 6.42. The number of amides is 1. The maximum atomic E-state index is 12.2. The monoisotopic (exact) mass is 342 g/mol. The van der Waals surface area contributed by atoms with E-state index in [0.29, 0.717) is 11.0 Å². The van der Waals surface area contributed by atoms with E-state index in [0.717, 1.165) is 11.4 Å². The van der Waals surface area contributed by atoms with E-state index in [2.05, 4.69) is 20.6 Å². The highest BCUT2D eigenvalue weighted by Gasteiger charge is 2.12. The second-order valence-electron chi connectivity index (χ2n) is 5.48. The summed E-state index contributed by atoms with van der Waals surface area (Å²) in [7, 11) is 1.84. The number of hydrogen-bond acceptors (Lipinski definition) is 5. The number of anilines is 1. The molecule has 0 unspecified atom stereocenters. The zero-order valence-corrected chi connectivity index (χ0v) is 14.5. The highest BCUT2D eigenvalue weighted by atomic mass is 32.2. The zero-order valence-electron chi connectivity index (χ0n) is 13.7. The van der Waals surface area contributed by atoms with Crippen molar-refractivity contribution in [3.05, 3.63) is 47.9 Å². The summed E-state index contributed by atoms with van der Waals surface area (Å²) in [6.07, 6.45) is 1.61. The van der Waals surface area contributed by atoms with Gasteiger partial charge in [-0.3, -0.25) is 4.79 Å². The van der Waals surface area contributed by atoms with Crippen molar-refractivity contribution in [3.63, 3.8) is 0 Å². The molecule has 0 aliphatic heterocycles. The standard InChI is InChI=1S/C16H18N6OS/c1-11-4-6-13(7-5-11)22-14(8-12(2)20-22)18-15(23)9-24-16-19-17-10-21(16)3/h4-8,10H,9H2,1-3H3,(H,18,23). The Bertz CT molecular complexity index is 852. The molecule has 1 amide bonds. The largest absolute Gasteiger partial charge is 0.312 e. The maximum absolute atomic E-state index is 12.2. The summed E-state index contributed by atoms with van der Waals surface area (Å²) >= 11 is 1.34. The van der Waals surface area contributed by atoms with Gasteiger partial charge in [-0.15, -0.1) is 10.2 Å². The molecule has 0 atom stereocenters. The van der Waals surface area contributed by atoms with E-state index in [1.807, 2.05) is 51.2 Å². The summed E-state index contributed by atoms with van der Waals surface area (Å²) in [5.41, 5.74) is 2.92. The van der Waals surface area contributed by atoms with Crippen LogP contribution in [-0.2, 0) is 11.8 Å². The van der Waals surface area contributed by atoms with E-state index < -0.39 is 0 Å². The third kappa shape index (κ3) is 3.65. The smallest absolute Gasteiger partial charge is 0.236 e. The lowest BCUT2D eigenvalue weighted by Crippen LogP contribution is -2.17. The highest BCUT2D eigenvalue weighted by molar-refractivity contribution is 7.99. The topological polar surface area (TPSA) is 77.6 Å². The molecule has 1 aromatic carbocycles. The molecule has 1 N–H and O–H groups in total. The molecule has 0 radical (unpaired) electrons. The van der Waals surface area contributed by atoms with Crippen LogP contribution in [0.5, 0.6) is 0 Å². The van der Waals surface area contributed by atoms with Crippen LogP contribution in [0.1, 0.15) is 11.3 Å². The number of aromatic nitrogens is 5. The lowest BCUT2D eigenvalue weighted by Gasteiger charge is -2.09. The van der Waals surface area contributed by atoms with Crippen molar-refractivity contribution in [1.82, 2.24) is 24.5 Å². The number of aryl methyl sites for hydroxylation is 3. The maximum Gasteiger partial charge on any atom is 0.236 e. The van der Waals surface area contributed by atoms with E-state index in [1.54, 1.807) is 15.6 Å². The van der Waals surface area contributed by atoms with Crippen LogP contribution < -0.4 is 5.32 Å². The van der Waals surface area contributed by atoms with Crippen LogP contribution in [0.3, 0.4) is 0 Å². The molecule has 3 rings (SSSR count). The quantitative estimate of drug-likeness (QED) is 0.720. The number of thioether (sulfide) groups is 1. The Morgan fingerprint density at radius 2 is 2.00 bits per heavy atom. The van der Waals surface area contributed by atoms with Gasteiger partial charge < -0.3 is 9.88 Å². The fraction of sp³-hybridized carbons (Fsp3) is 0.250. The molecule has 2 heterocycles. The van der Waals surface area contributed by atoms with Crippen LogP contribution in [-0.4, -0.2) is 36.2 Å². The predicted molar refractivity (Wildman–Crippen MR) is 93.4 cm³/mol. The minimum Gasteiger partial charge on any atom is -0.312 e. The molecule has 0 bridgehead atoms. The van der Waals surface area contributed by atoms with Gasteiger partial charge in [-0.1, -0.05) is 29.5 Å². The Morgan fingerprint density at radius 3 is 2.67 bits per heavy atom. The average molecular weight is 342 g/mol. The van der Waals surface area contributed by atoms with Crippen LogP contribution in [0.4, 0.5) is 5.82 Å².